The fraction of sp³-hybridized carbons (Fsp3) is 0.643. The molecule has 20 heavy (non-hydrogen) atoms. The zero-order valence-electron chi connectivity index (χ0n) is 12.7. The summed E-state index contributed by atoms with van der Waals surface area (Å²) in [6.45, 7) is 8.98. The maximum atomic E-state index is 11.1. The van der Waals surface area contributed by atoms with Gasteiger partial charge in [-0.15, -0.1) is 0 Å². The SMILES string of the molecule is CCCNc1ccc([N+](=O)[O-])c(NC(C)(C)CCC)n1. The van der Waals surface area contributed by atoms with Gasteiger partial charge in [0.1, 0.15) is 5.82 Å². The first-order chi connectivity index (χ1) is 9.39. The molecular weight excluding hydrogens is 256 g/mol. The maximum Gasteiger partial charge on any atom is 0.311 e. The van der Waals surface area contributed by atoms with E-state index in [0.29, 0.717) is 11.6 Å². The molecule has 0 aliphatic carbocycles. The van der Waals surface area contributed by atoms with Crippen LogP contribution in [0, 0.1) is 10.1 Å². The van der Waals surface area contributed by atoms with Gasteiger partial charge in [0.2, 0.25) is 5.82 Å². The second kappa shape index (κ2) is 7.07. The number of rotatable bonds is 8. The van der Waals surface area contributed by atoms with Gasteiger partial charge >= 0.3 is 5.69 Å². The summed E-state index contributed by atoms with van der Waals surface area (Å²) in [4.78, 5) is 15.0. The third-order valence-corrected chi connectivity index (χ3v) is 2.96. The largest absolute Gasteiger partial charge is 0.370 e. The third-order valence-electron chi connectivity index (χ3n) is 2.96. The second-order valence-corrected chi connectivity index (χ2v) is 5.51. The molecule has 0 saturated heterocycles. The van der Waals surface area contributed by atoms with Crippen LogP contribution >= 0.6 is 0 Å². The second-order valence-electron chi connectivity index (χ2n) is 5.51. The Hall–Kier alpha value is -1.85. The van der Waals surface area contributed by atoms with Gasteiger partial charge in [0.05, 0.1) is 4.92 Å². The number of aromatic nitrogens is 1. The Bertz CT molecular complexity index is 460. The van der Waals surface area contributed by atoms with E-state index in [2.05, 4.69) is 29.5 Å². The van der Waals surface area contributed by atoms with Crippen molar-refractivity contribution in [2.45, 2.75) is 52.5 Å². The number of nitrogens with zero attached hydrogens (tertiary/aromatic N) is 2. The molecule has 0 amide bonds. The fourth-order valence-electron chi connectivity index (χ4n) is 2.05. The summed E-state index contributed by atoms with van der Waals surface area (Å²) < 4.78 is 0. The van der Waals surface area contributed by atoms with Crippen molar-refractivity contribution in [1.29, 1.82) is 0 Å². The number of hydrogen-bond donors (Lipinski definition) is 2. The number of nitro groups is 1. The summed E-state index contributed by atoms with van der Waals surface area (Å²) in [6.07, 6.45) is 2.89. The third kappa shape index (κ3) is 4.68. The lowest BCUT2D eigenvalue weighted by atomic mass is 9.99. The Morgan fingerprint density at radius 2 is 2.00 bits per heavy atom. The Morgan fingerprint density at radius 3 is 2.55 bits per heavy atom. The Labute approximate surface area is 120 Å². The Morgan fingerprint density at radius 1 is 1.30 bits per heavy atom. The minimum Gasteiger partial charge on any atom is -0.370 e. The molecule has 2 N–H and O–H groups in total. The predicted octanol–water partition coefficient (Wildman–Crippen LogP) is 3.80. The first-order valence-corrected chi connectivity index (χ1v) is 7.07. The Kier molecular flexibility index (Phi) is 5.73. The van der Waals surface area contributed by atoms with Crippen LogP contribution in [0.2, 0.25) is 0 Å². The molecule has 0 spiro atoms. The highest BCUT2D eigenvalue weighted by atomic mass is 16.6. The average molecular weight is 280 g/mol. The summed E-state index contributed by atoms with van der Waals surface area (Å²) in [6, 6.07) is 3.14. The normalized spacial score (nSPS) is 11.2. The van der Waals surface area contributed by atoms with E-state index in [0.717, 1.165) is 25.8 Å². The molecule has 0 aliphatic rings. The highest BCUT2D eigenvalue weighted by Gasteiger charge is 2.23. The van der Waals surface area contributed by atoms with Crippen molar-refractivity contribution in [1.82, 2.24) is 4.98 Å². The van der Waals surface area contributed by atoms with Gasteiger partial charge in [0.15, 0.2) is 0 Å². The van der Waals surface area contributed by atoms with Gasteiger partial charge in [-0.3, -0.25) is 10.1 Å². The zero-order valence-corrected chi connectivity index (χ0v) is 12.7. The van der Waals surface area contributed by atoms with E-state index in [1.54, 1.807) is 6.07 Å². The first kappa shape index (κ1) is 16.2. The number of nitrogens with one attached hydrogen (secondary N) is 2. The van der Waals surface area contributed by atoms with E-state index < -0.39 is 4.92 Å². The lowest BCUT2D eigenvalue weighted by Crippen LogP contribution is -2.31. The van der Waals surface area contributed by atoms with Crippen molar-refractivity contribution in [2.24, 2.45) is 0 Å². The first-order valence-electron chi connectivity index (χ1n) is 7.07. The summed E-state index contributed by atoms with van der Waals surface area (Å²) in [7, 11) is 0. The van der Waals surface area contributed by atoms with Crippen LogP contribution in [0.5, 0.6) is 0 Å². The molecule has 6 heteroatoms. The topological polar surface area (TPSA) is 80.1 Å². The van der Waals surface area contributed by atoms with Crippen LogP contribution in [0.4, 0.5) is 17.3 Å². The van der Waals surface area contributed by atoms with Gasteiger partial charge in [0, 0.05) is 18.2 Å². The molecule has 1 rings (SSSR count). The van der Waals surface area contributed by atoms with Gasteiger partial charge in [-0.1, -0.05) is 20.3 Å². The quantitative estimate of drug-likeness (QED) is 0.559. The lowest BCUT2D eigenvalue weighted by molar-refractivity contribution is -0.384. The molecule has 0 aliphatic heterocycles. The van der Waals surface area contributed by atoms with Crippen LogP contribution in [-0.2, 0) is 0 Å². The fourth-order valence-corrected chi connectivity index (χ4v) is 2.05. The van der Waals surface area contributed by atoms with Gasteiger partial charge in [-0.2, -0.15) is 0 Å². The van der Waals surface area contributed by atoms with Crippen molar-refractivity contribution in [3.63, 3.8) is 0 Å². The van der Waals surface area contributed by atoms with Crippen LogP contribution in [0.1, 0.15) is 47.0 Å². The van der Waals surface area contributed by atoms with E-state index >= 15 is 0 Å². The molecule has 6 nitrogen and oxygen atoms in total. The summed E-state index contributed by atoms with van der Waals surface area (Å²) >= 11 is 0. The van der Waals surface area contributed by atoms with Crippen LogP contribution in [0.25, 0.3) is 0 Å². The highest BCUT2D eigenvalue weighted by Crippen LogP contribution is 2.28. The molecule has 0 radical (unpaired) electrons. The lowest BCUT2D eigenvalue weighted by Gasteiger charge is -2.26. The maximum absolute atomic E-state index is 11.1. The van der Waals surface area contributed by atoms with Gasteiger partial charge in [-0.05, 0) is 32.8 Å². The standard InChI is InChI=1S/C14H24N4O2/c1-5-9-14(3,4)17-13-11(18(19)20)7-8-12(16-13)15-10-6-2/h7-8H,5-6,9-10H2,1-4H3,(H2,15,16,17). The molecule has 0 fully saturated rings. The van der Waals surface area contributed by atoms with E-state index in [1.165, 1.54) is 6.07 Å². The number of pyridine rings is 1. The van der Waals surface area contributed by atoms with Crippen LogP contribution in [0.15, 0.2) is 12.1 Å². The smallest absolute Gasteiger partial charge is 0.311 e. The van der Waals surface area contributed by atoms with Crippen LogP contribution in [-0.4, -0.2) is 22.0 Å². The zero-order chi connectivity index (χ0) is 15.2. The van der Waals surface area contributed by atoms with Crippen LogP contribution < -0.4 is 10.6 Å². The molecule has 0 bridgehead atoms. The molecule has 0 aromatic carbocycles. The predicted molar refractivity (Wildman–Crippen MR) is 82.3 cm³/mol. The molecule has 1 heterocycles. The van der Waals surface area contributed by atoms with Crippen molar-refractivity contribution < 1.29 is 4.92 Å². The highest BCUT2D eigenvalue weighted by molar-refractivity contribution is 5.61. The van der Waals surface area contributed by atoms with Crippen LogP contribution in [0.3, 0.4) is 0 Å². The molecular formula is C14H24N4O2. The van der Waals surface area contributed by atoms with E-state index in [1.807, 2.05) is 13.8 Å². The summed E-state index contributed by atoms with van der Waals surface area (Å²) in [5, 5.41) is 17.4. The van der Waals surface area contributed by atoms with Gasteiger partial charge in [0.25, 0.3) is 0 Å². The van der Waals surface area contributed by atoms with E-state index in [-0.39, 0.29) is 11.2 Å². The molecule has 0 saturated carbocycles. The Balaban J connectivity index is 3.02. The van der Waals surface area contributed by atoms with Gasteiger partial charge in [-0.25, -0.2) is 4.98 Å². The number of anilines is 2. The summed E-state index contributed by atoms with van der Waals surface area (Å²) in [5.74, 6) is 0.988. The number of hydrogen-bond acceptors (Lipinski definition) is 5. The minimum atomic E-state index is -0.402. The van der Waals surface area contributed by atoms with Crippen molar-refractivity contribution >= 4 is 17.3 Å². The molecule has 1 aromatic rings. The molecule has 1 aromatic heterocycles. The van der Waals surface area contributed by atoms with Crippen molar-refractivity contribution in [3.8, 4) is 0 Å². The van der Waals surface area contributed by atoms with E-state index in [9.17, 15) is 10.1 Å². The summed E-state index contributed by atoms with van der Waals surface area (Å²) in [5.41, 5.74) is -0.216. The van der Waals surface area contributed by atoms with Crippen molar-refractivity contribution in [2.75, 3.05) is 17.2 Å². The minimum absolute atomic E-state index is 0.0104. The van der Waals surface area contributed by atoms with E-state index in [4.69, 9.17) is 0 Å². The average Bonchev–Trinajstić information content (AvgIpc) is 2.35. The molecule has 112 valence electrons. The van der Waals surface area contributed by atoms with Crippen molar-refractivity contribution in [3.05, 3.63) is 22.2 Å². The molecule has 0 unspecified atom stereocenters. The van der Waals surface area contributed by atoms with Gasteiger partial charge < -0.3 is 10.6 Å². The molecule has 0 atom stereocenters. The monoisotopic (exact) mass is 280 g/mol.